The number of hydrogen-bond donors (Lipinski definition) is 2. The summed E-state index contributed by atoms with van der Waals surface area (Å²) < 4.78 is 0. The van der Waals surface area contributed by atoms with Crippen molar-refractivity contribution < 1.29 is 9.59 Å². The Morgan fingerprint density at radius 3 is 2.28 bits per heavy atom. The first kappa shape index (κ1) is 17.3. The monoisotopic (exact) mass is 357 g/mol. The van der Waals surface area contributed by atoms with Gasteiger partial charge in [0.25, 0.3) is 5.91 Å². The highest BCUT2D eigenvalue weighted by Gasteiger charge is 2.21. The average molecular weight is 358 g/mol. The minimum atomic E-state index is -0.402. The van der Waals surface area contributed by atoms with Crippen molar-refractivity contribution in [1.29, 1.82) is 0 Å². The number of carbonyl (C=O) groups excluding carboxylic acids is 2. The number of rotatable bonds is 3. The number of piperidine rings is 1. The van der Waals surface area contributed by atoms with E-state index in [4.69, 9.17) is 11.6 Å². The van der Waals surface area contributed by atoms with Gasteiger partial charge in [0.2, 0.25) is 0 Å². The lowest BCUT2D eigenvalue weighted by atomic mass is 10.1. The third-order valence-electron chi connectivity index (χ3n) is 4.15. The lowest BCUT2D eigenvalue weighted by Gasteiger charge is -2.27. The Hall–Kier alpha value is -2.53. The Kier molecular flexibility index (Phi) is 5.56. The minimum Gasteiger partial charge on any atom is -0.339 e. The third-order valence-corrected chi connectivity index (χ3v) is 4.40. The fourth-order valence-electron chi connectivity index (χ4n) is 2.86. The van der Waals surface area contributed by atoms with Crippen molar-refractivity contribution in [3.8, 4) is 0 Å². The molecular weight excluding hydrogens is 338 g/mol. The van der Waals surface area contributed by atoms with Crippen molar-refractivity contribution in [2.45, 2.75) is 19.3 Å². The summed E-state index contributed by atoms with van der Waals surface area (Å²) in [5, 5.41) is 6.09. The van der Waals surface area contributed by atoms with E-state index in [1.54, 1.807) is 48.5 Å². The van der Waals surface area contributed by atoms with Gasteiger partial charge in [-0.2, -0.15) is 0 Å². The van der Waals surface area contributed by atoms with Crippen LogP contribution in [0.5, 0.6) is 0 Å². The zero-order valence-electron chi connectivity index (χ0n) is 13.8. The van der Waals surface area contributed by atoms with Crippen LogP contribution in [0.2, 0.25) is 5.02 Å². The number of likely N-dealkylation sites (tertiary alicyclic amines) is 1. The van der Waals surface area contributed by atoms with Crippen LogP contribution in [0.25, 0.3) is 0 Å². The van der Waals surface area contributed by atoms with E-state index in [-0.39, 0.29) is 5.91 Å². The van der Waals surface area contributed by atoms with Crippen molar-refractivity contribution in [2.24, 2.45) is 0 Å². The SMILES string of the molecule is O=C(Nc1ccc(Cl)cc1)Nc1ccccc1C(=O)N1CCCCC1. The van der Waals surface area contributed by atoms with Crippen molar-refractivity contribution in [2.75, 3.05) is 23.7 Å². The van der Waals surface area contributed by atoms with E-state index in [0.717, 1.165) is 32.4 Å². The van der Waals surface area contributed by atoms with Gasteiger partial charge in [-0.15, -0.1) is 0 Å². The maximum atomic E-state index is 12.7. The van der Waals surface area contributed by atoms with Crippen molar-refractivity contribution in [1.82, 2.24) is 4.90 Å². The van der Waals surface area contributed by atoms with Crippen LogP contribution in [-0.4, -0.2) is 29.9 Å². The van der Waals surface area contributed by atoms with Crippen molar-refractivity contribution in [3.63, 3.8) is 0 Å². The Labute approximate surface area is 152 Å². The Morgan fingerprint density at radius 2 is 1.56 bits per heavy atom. The number of para-hydroxylation sites is 1. The summed E-state index contributed by atoms with van der Waals surface area (Å²) in [6.07, 6.45) is 3.21. The van der Waals surface area contributed by atoms with E-state index in [0.29, 0.717) is 22.0 Å². The van der Waals surface area contributed by atoms with Gasteiger partial charge in [-0.3, -0.25) is 4.79 Å². The molecular formula is C19H20ClN3O2. The summed E-state index contributed by atoms with van der Waals surface area (Å²) in [5.41, 5.74) is 1.64. The molecule has 0 spiro atoms. The van der Waals surface area contributed by atoms with Crippen LogP contribution in [0, 0.1) is 0 Å². The second-order valence-electron chi connectivity index (χ2n) is 5.98. The summed E-state index contributed by atoms with van der Waals surface area (Å²) in [5.74, 6) is -0.0397. The average Bonchev–Trinajstić information content (AvgIpc) is 2.64. The molecule has 3 amide bonds. The first-order valence-corrected chi connectivity index (χ1v) is 8.73. The highest BCUT2D eigenvalue weighted by molar-refractivity contribution is 6.30. The predicted molar refractivity (Wildman–Crippen MR) is 100 cm³/mol. The molecule has 2 aromatic carbocycles. The Bertz CT molecular complexity index is 756. The number of nitrogens with zero attached hydrogens (tertiary/aromatic N) is 1. The first-order valence-electron chi connectivity index (χ1n) is 8.35. The number of amides is 3. The summed E-state index contributed by atoms with van der Waals surface area (Å²) in [7, 11) is 0. The minimum absolute atomic E-state index is 0.0397. The molecule has 0 radical (unpaired) electrons. The van der Waals surface area contributed by atoms with Crippen LogP contribution in [0.4, 0.5) is 16.2 Å². The van der Waals surface area contributed by atoms with E-state index in [9.17, 15) is 9.59 Å². The molecule has 1 fully saturated rings. The molecule has 0 atom stereocenters. The van der Waals surface area contributed by atoms with Gasteiger partial charge < -0.3 is 15.5 Å². The van der Waals surface area contributed by atoms with Crippen LogP contribution in [0.3, 0.4) is 0 Å². The zero-order chi connectivity index (χ0) is 17.6. The molecule has 3 rings (SSSR count). The highest BCUT2D eigenvalue weighted by atomic mass is 35.5. The van der Waals surface area contributed by atoms with E-state index in [2.05, 4.69) is 10.6 Å². The number of nitrogens with one attached hydrogen (secondary N) is 2. The second-order valence-corrected chi connectivity index (χ2v) is 6.42. The summed E-state index contributed by atoms with van der Waals surface area (Å²) in [6, 6.07) is 13.5. The topological polar surface area (TPSA) is 61.4 Å². The molecule has 0 saturated carbocycles. The Morgan fingerprint density at radius 1 is 0.880 bits per heavy atom. The number of anilines is 2. The maximum Gasteiger partial charge on any atom is 0.323 e. The molecule has 2 aromatic rings. The summed E-state index contributed by atoms with van der Waals surface area (Å²) in [6.45, 7) is 1.54. The quantitative estimate of drug-likeness (QED) is 0.842. The van der Waals surface area contributed by atoms with Gasteiger partial charge in [-0.1, -0.05) is 23.7 Å². The molecule has 1 heterocycles. The molecule has 25 heavy (non-hydrogen) atoms. The number of hydrogen-bond acceptors (Lipinski definition) is 2. The normalized spacial score (nSPS) is 14.0. The standard InChI is InChI=1S/C19H20ClN3O2/c20-14-8-10-15(11-9-14)21-19(25)22-17-7-3-2-6-16(17)18(24)23-12-4-1-5-13-23/h2-3,6-11H,1,4-5,12-13H2,(H2,21,22,25). The Balaban J connectivity index is 1.70. The number of halogens is 1. The highest BCUT2D eigenvalue weighted by Crippen LogP contribution is 2.20. The molecule has 0 unspecified atom stereocenters. The van der Waals surface area contributed by atoms with Gasteiger partial charge >= 0.3 is 6.03 Å². The summed E-state index contributed by atoms with van der Waals surface area (Å²) in [4.78, 5) is 26.8. The third kappa shape index (κ3) is 4.51. The number of benzene rings is 2. The lowest BCUT2D eigenvalue weighted by molar-refractivity contribution is 0.0725. The maximum absolute atomic E-state index is 12.7. The van der Waals surface area contributed by atoms with Gasteiger partial charge in [0.1, 0.15) is 0 Å². The van der Waals surface area contributed by atoms with Gasteiger partial charge in [-0.25, -0.2) is 4.79 Å². The van der Waals surface area contributed by atoms with Crippen LogP contribution >= 0.6 is 11.6 Å². The van der Waals surface area contributed by atoms with Gasteiger partial charge in [-0.05, 0) is 55.7 Å². The number of carbonyl (C=O) groups is 2. The lowest BCUT2D eigenvalue weighted by Crippen LogP contribution is -2.36. The van der Waals surface area contributed by atoms with Crippen LogP contribution in [0.15, 0.2) is 48.5 Å². The van der Waals surface area contributed by atoms with Gasteiger partial charge in [0.15, 0.2) is 0 Å². The van der Waals surface area contributed by atoms with Crippen LogP contribution in [-0.2, 0) is 0 Å². The first-order chi connectivity index (χ1) is 12.1. The van der Waals surface area contributed by atoms with Gasteiger partial charge in [0.05, 0.1) is 11.3 Å². The van der Waals surface area contributed by atoms with E-state index < -0.39 is 6.03 Å². The predicted octanol–water partition coefficient (Wildman–Crippen LogP) is 4.61. The van der Waals surface area contributed by atoms with Gasteiger partial charge in [0, 0.05) is 23.8 Å². The summed E-state index contributed by atoms with van der Waals surface area (Å²) >= 11 is 5.84. The molecule has 6 heteroatoms. The molecule has 0 aliphatic carbocycles. The fraction of sp³-hybridized carbons (Fsp3) is 0.263. The molecule has 1 aliphatic heterocycles. The van der Waals surface area contributed by atoms with Crippen LogP contribution in [0.1, 0.15) is 29.6 Å². The molecule has 0 aromatic heterocycles. The smallest absolute Gasteiger partial charge is 0.323 e. The molecule has 130 valence electrons. The molecule has 5 nitrogen and oxygen atoms in total. The van der Waals surface area contributed by atoms with Crippen molar-refractivity contribution >= 4 is 34.9 Å². The van der Waals surface area contributed by atoms with Crippen molar-refractivity contribution in [3.05, 3.63) is 59.1 Å². The molecule has 2 N–H and O–H groups in total. The fourth-order valence-corrected chi connectivity index (χ4v) is 2.99. The molecule has 0 bridgehead atoms. The molecule has 1 saturated heterocycles. The zero-order valence-corrected chi connectivity index (χ0v) is 14.6. The second kappa shape index (κ2) is 8.03. The van der Waals surface area contributed by atoms with E-state index >= 15 is 0 Å². The number of urea groups is 1. The van der Waals surface area contributed by atoms with E-state index in [1.807, 2.05) is 4.90 Å². The molecule has 1 aliphatic rings. The largest absolute Gasteiger partial charge is 0.339 e. The van der Waals surface area contributed by atoms with Crippen LogP contribution < -0.4 is 10.6 Å². The van der Waals surface area contributed by atoms with E-state index in [1.165, 1.54) is 0 Å².